The van der Waals surface area contributed by atoms with Gasteiger partial charge in [0.15, 0.2) is 0 Å². The molecule has 0 aliphatic rings. The lowest BCUT2D eigenvalue weighted by atomic mass is 10.0. The Bertz CT molecular complexity index is 1120. The van der Waals surface area contributed by atoms with E-state index in [0.717, 1.165) is 14.7 Å². The van der Waals surface area contributed by atoms with Gasteiger partial charge in [0, 0.05) is 12.1 Å². The Morgan fingerprint density at radius 3 is 2.55 bits per heavy atom. The van der Waals surface area contributed by atoms with E-state index in [2.05, 4.69) is 28.7 Å². The summed E-state index contributed by atoms with van der Waals surface area (Å²) in [7, 11) is 0. The second-order valence-corrected chi connectivity index (χ2v) is 7.24. The normalized spacial score (nSPS) is 11.0. The van der Waals surface area contributed by atoms with E-state index in [9.17, 15) is 19.8 Å². The highest BCUT2D eigenvalue weighted by molar-refractivity contribution is 14.1. The fourth-order valence-electron chi connectivity index (χ4n) is 2.62. The van der Waals surface area contributed by atoms with Gasteiger partial charge in [-0.3, -0.25) is 10.1 Å². The molecule has 0 heterocycles. The van der Waals surface area contributed by atoms with Crippen LogP contribution < -0.4 is 4.74 Å². The molecule has 29 heavy (non-hydrogen) atoms. The van der Waals surface area contributed by atoms with E-state index in [1.165, 1.54) is 24.3 Å². The Kier molecular flexibility index (Phi) is 6.57. The fraction of sp³-hybridized carbons (Fsp3) is 0.0455. The molecule has 0 spiro atoms. The van der Waals surface area contributed by atoms with E-state index < -0.39 is 4.92 Å². The molecule has 0 saturated carbocycles. The maximum absolute atomic E-state index is 13.3. The van der Waals surface area contributed by atoms with Crippen molar-refractivity contribution in [1.29, 1.82) is 5.26 Å². The zero-order valence-corrected chi connectivity index (χ0v) is 17.2. The number of non-ortho nitro benzene ring substituents is 1. The van der Waals surface area contributed by atoms with Crippen LogP contribution in [0.2, 0.25) is 0 Å². The largest absolute Gasteiger partial charge is 0.488 e. The molecule has 0 atom stereocenters. The standard InChI is InChI=1S/C22H14FIN2O3/c23-19-3-1-2-16(11-19)14-29-22-9-4-15(12-21(22)24)10-18(13-25)17-5-7-20(8-6-17)26(27)28/h1-12H,14H2/b18-10-. The van der Waals surface area contributed by atoms with Gasteiger partial charge in [-0.05, 0) is 81.8 Å². The number of ether oxygens (including phenoxy) is 1. The van der Waals surface area contributed by atoms with Gasteiger partial charge in [0.05, 0.1) is 20.1 Å². The van der Waals surface area contributed by atoms with E-state index in [-0.39, 0.29) is 18.1 Å². The number of hydrogen-bond donors (Lipinski definition) is 0. The molecule has 144 valence electrons. The van der Waals surface area contributed by atoms with E-state index >= 15 is 0 Å². The van der Waals surface area contributed by atoms with Crippen molar-refractivity contribution in [2.24, 2.45) is 0 Å². The number of hydrogen-bond acceptors (Lipinski definition) is 4. The van der Waals surface area contributed by atoms with Crippen LogP contribution in [0.4, 0.5) is 10.1 Å². The number of rotatable bonds is 6. The predicted octanol–water partition coefficient (Wildman–Crippen LogP) is 5.98. The van der Waals surface area contributed by atoms with Crippen molar-refractivity contribution in [1.82, 2.24) is 0 Å². The molecule has 0 saturated heterocycles. The molecule has 7 heteroatoms. The van der Waals surface area contributed by atoms with Gasteiger partial charge in [-0.25, -0.2) is 4.39 Å². The Hall–Kier alpha value is -3.25. The van der Waals surface area contributed by atoms with Crippen molar-refractivity contribution in [2.75, 3.05) is 0 Å². The van der Waals surface area contributed by atoms with Crippen LogP contribution in [0.1, 0.15) is 16.7 Å². The molecule has 0 N–H and O–H groups in total. The third kappa shape index (κ3) is 5.39. The van der Waals surface area contributed by atoms with Crippen LogP contribution >= 0.6 is 22.6 Å². The number of allylic oxidation sites excluding steroid dienone is 1. The van der Waals surface area contributed by atoms with Gasteiger partial charge in [0.1, 0.15) is 18.2 Å². The molecule has 3 aromatic rings. The smallest absolute Gasteiger partial charge is 0.269 e. The van der Waals surface area contributed by atoms with E-state index in [4.69, 9.17) is 4.74 Å². The quantitative estimate of drug-likeness (QED) is 0.137. The third-order valence-corrected chi connectivity index (χ3v) is 4.90. The first kappa shape index (κ1) is 20.5. The van der Waals surface area contributed by atoms with Gasteiger partial charge in [-0.2, -0.15) is 5.26 Å². The minimum Gasteiger partial charge on any atom is -0.488 e. The second kappa shape index (κ2) is 9.30. The molecule has 0 aliphatic heterocycles. The summed E-state index contributed by atoms with van der Waals surface area (Å²) in [5.74, 6) is 0.345. The average Bonchev–Trinajstić information content (AvgIpc) is 2.71. The van der Waals surface area contributed by atoms with E-state index in [0.29, 0.717) is 16.9 Å². The maximum Gasteiger partial charge on any atom is 0.269 e. The summed E-state index contributed by atoms with van der Waals surface area (Å²) in [6.07, 6.45) is 1.71. The summed E-state index contributed by atoms with van der Waals surface area (Å²) < 4.78 is 19.9. The van der Waals surface area contributed by atoms with Crippen molar-refractivity contribution in [3.8, 4) is 11.8 Å². The molecule has 0 aromatic heterocycles. The van der Waals surface area contributed by atoms with E-state index in [1.54, 1.807) is 36.4 Å². The van der Waals surface area contributed by atoms with Crippen molar-refractivity contribution in [3.63, 3.8) is 0 Å². The maximum atomic E-state index is 13.3. The minimum absolute atomic E-state index is 0.0274. The van der Waals surface area contributed by atoms with Crippen molar-refractivity contribution < 1.29 is 14.1 Å². The summed E-state index contributed by atoms with van der Waals surface area (Å²) in [6, 6.07) is 19.7. The van der Waals surface area contributed by atoms with Gasteiger partial charge in [0.2, 0.25) is 0 Å². The van der Waals surface area contributed by atoms with Crippen LogP contribution in [0.15, 0.2) is 66.7 Å². The first-order valence-corrected chi connectivity index (χ1v) is 9.57. The summed E-state index contributed by atoms with van der Waals surface area (Å²) in [6.45, 7) is 0.245. The summed E-state index contributed by atoms with van der Waals surface area (Å²) in [4.78, 5) is 10.3. The third-order valence-electron chi connectivity index (χ3n) is 4.06. The molecule has 5 nitrogen and oxygen atoms in total. The zero-order valence-electron chi connectivity index (χ0n) is 15.0. The van der Waals surface area contributed by atoms with Crippen LogP contribution in [0.25, 0.3) is 11.6 Å². The highest BCUT2D eigenvalue weighted by atomic mass is 127. The van der Waals surface area contributed by atoms with Crippen molar-refractivity contribution in [3.05, 3.63) is 103 Å². The highest BCUT2D eigenvalue weighted by Gasteiger charge is 2.08. The monoisotopic (exact) mass is 500 g/mol. The number of nitro benzene ring substituents is 1. The lowest BCUT2D eigenvalue weighted by Crippen LogP contribution is -1.97. The topological polar surface area (TPSA) is 76.2 Å². The Morgan fingerprint density at radius 1 is 1.17 bits per heavy atom. The Balaban J connectivity index is 1.77. The molecule has 0 amide bonds. The molecule has 3 aromatic carbocycles. The minimum atomic E-state index is -0.482. The summed E-state index contributed by atoms with van der Waals surface area (Å²) in [5.41, 5.74) is 2.49. The van der Waals surface area contributed by atoms with E-state index in [1.807, 2.05) is 12.1 Å². The summed E-state index contributed by atoms with van der Waals surface area (Å²) in [5, 5.41) is 20.2. The van der Waals surface area contributed by atoms with Crippen LogP contribution in [0, 0.1) is 30.8 Å². The van der Waals surface area contributed by atoms with Crippen LogP contribution in [0.3, 0.4) is 0 Å². The second-order valence-electron chi connectivity index (χ2n) is 6.08. The van der Waals surface area contributed by atoms with Gasteiger partial charge in [0.25, 0.3) is 5.69 Å². The Morgan fingerprint density at radius 2 is 1.93 bits per heavy atom. The number of nitro groups is 1. The summed E-state index contributed by atoms with van der Waals surface area (Å²) >= 11 is 2.13. The number of nitrogens with zero attached hydrogens (tertiary/aromatic N) is 2. The molecule has 0 aliphatic carbocycles. The number of nitriles is 1. The van der Waals surface area contributed by atoms with Crippen LogP contribution in [-0.2, 0) is 6.61 Å². The molecule has 0 unspecified atom stereocenters. The Labute approximate surface area is 180 Å². The zero-order chi connectivity index (χ0) is 20.8. The molecular formula is C22H14FIN2O3. The van der Waals surface area contributed by atoms with Gasteiger partial charge < -0.3 is 4.74 Å². The SMILES string of the molecule is N#C/C(=C/c1ccc(OCc2cccc(F)c2)c(I)c1)c1ccc([N+](=O)[O-])cc1. The lowest BCUT2D eigenvalue weighted by Gasteiger charge is -2.09. The van der Waals surface area contributed by atoms with Crippen molar-refractivity contribution >= 4 is 39.9 Å². The van der Waals surface area contributed by atoms with Gasteiger partial charge >= 0.3 is 0 Å². The molecule has 0 radical (unpaired) electrons. The molecule has 0 bridgehead atoms. The fourth-order valence-corrected chi connectivity index (χ4v) is 3.32. The van der Waals surface area contributed by atoms with Gasteiger partial charge in [-0.1, -0.05) is 18.2 Å². The first-order chi connectivity index (χ1) is 14.0. The predicted molar refractivity (Wildman–Crippen MR) is 116 cm³/mol. The molecule has 0 fully saturated rings. The van der Waals surface area contributed by atoms with Crippen LogP contribution in [0.5, 0.6) is 5.75 Å². The van der Waals surface area contributed by atoms with Crippen molar-refractivity contribution in [2.45, 2.75) is 6.61 Å². The lowest BCUT2D eigenvalue weighted by molar-refractivity contribution is -0.384. The molecule has 3 rings (SSSR count). The molecular weight excluding hydrogens is 486 g/mol. The highest BCUT2D eigenvalue weighted by Crippen LogP contribution is 2.26. The number of halogens is 2. The van der Waals surface area contributed by atoms with Gasteiger partial charge in [-0.15, -0.1) is 0 Å². The van der Waals surface area contributed by atoms with Crippen LogP contribution in [-0.4, -0.2) is 4.92 Å². The first-order valence-electron chi connectivity index (χ1n) is 8.49. The number of benzene rings is 3. The average molecular weight is 500 g/mol.